The molecule has 3 rings (SSSR count). The number of benzene rings is 1. The molecule has 1 aliphatic rings. The molecular formula is C26H32N2O4. The monoisotopic (exact) mass is 436 g/mol. The highest BCUT2D eigenvalue weighted by molar-refractivity contribution is 6.16. The van der Waals surface area contributed by atoms with Crippen molar-refractivity contribution in [1.29, 1.82) is 0 Å². The van der Waals surface area contributed by atoms with Crippen LogP contribution in [0.1, 0.15) is 41.9 Å². The van der Waals surface area contributed by atoms with Gasteiger partial charge in [-0.15, -0.1) is 0 Å². The van der Waals surface area contributed by atoms with E-state index in [0.717, 1.165) is 22.6 Å². The Kier molecular flexibility index (Phi) is 7.04. The molecule has 0 bridgehead atoms. The van der Waals surface area contributed by atoms with Gasteiger partial charge in [0.25, 0.3) is 5.91 Å². The normalized spacial score (nSPS) is 15.3. The van der Waals surface area contributed by atoms with E-state index in [9.17, 15) is 9.59 Å². The van der Waals surface area contributed by atoms with Crippen molar-refractivity contribution in [3.63, 3.8) is 0 Å². The van der Waals surface area contributed by atoms with Gasteiger partial charge in [0.2, 0.25) is 0 Å². The topological polar surface area (TPSA) is 60.8 Å². The van der Waals surface area contributed by atoms with E-state index >= 15 is 0 Å². The summed E-state index contributed by atoms with van der Waals surface area (Å²) in [4.78, 5) is 27.6. The maximum Gasteiger partial charge on any atom is 0.340 e. The van der Waals surface area contributed by atoms with Gasteiger partial charge in [0.05, 0.1) is 24.4 Å². The van der Waals surface area contributed by atoms with Crippen molar-refractivity contribution < 1.29 is 19.1 Å². The average Bonchev–Trinajstić information content (AvgIpc) is 3.13. The molecule has 1 aromatic carbocycles. The van der Waals surface area contributed by atoms with Crippen molar-refractivity contribution in [3.05, 3.63) is 69.2 Å². The zero-order valence-electron chi connectivity index (χ0n) is 20.0. The number of hydrogen-bond donors (Lipinski definition) is 0. The molecule has 6 heteroatoms. The number of carbonyl (C=O) groups is 2. The van der Waals surface area contributed by atoms with Gasteiger partial charge in [-0.1, -0.05) is 17.7 Å². The Bertz CT molecular complexity index is 1120. The molecule has 1 aromatic heterocycles. The summed E-state index contributed by atoms with van der Waals surface area (Å²) in [6.45, 7) is 12.8. The number of hydrogen-bond acceptors (Lipinski definition) is 4. The van der Waals surface area contributed by atoms with Crippen LogP contribution in [0.15, 0.2) is 41.1 Å². The van der Waals surface area contributed by atoms with Gasteiger partial charge in [-0.05, 0) is 70.9 Å². The molecule has 0 unspecified atom stereocenters. The SMILES string of the molecule is CCOC(=O)C1=C(C)N(CCOC)C(=O)/C1=C/c1cc(C)n(-c2ccc(C)cc2C)c1C. The highest BCUT2D eigenvalue weighted by Gasteiger charge is 2.37. The molecule has 2 aromatic rings. The molecule has 0 N–H and O–H groups in total. The van der Waals surface area contributed by atoms with Crippen molar-refractivity contribution in [2.24, 2.45) is 0 Å². The van der Waals surface area contributed by atoms with Crippen LogP contribution in [-0.4, -0.2) is 48.2 Å². The molecular weight excluding hydrogens is 404 g/mol. The second kappa shape index (κ2) is 9.57. The first kappa shape index (κ1) is 23.5. The molecule has 2 heterocycles. The van der Waals surface area contributed by atoms with Crippen molar-refractivity contribution in [2.45, 2.75) is 41.5 Å². The number of aryl methyl sites for hydroxylation is 3. The van der Waals surface area contributed by atoms with Gasteiger partial charge < -0.3 is 18.9 Å². The number of aromatic nitrogens is 1. The molecule has 0 aliphatic carbocycles. The van der Waals surface area contributed by atoms with E-state index in [0.29, 0.717) is 30.0 Å². The van der Waals surface area contributed by atoms with Crippen molar-refractivity contribution in [1.82, 2.24) is 9.47 Å². The molecule has 1 amide bonds. The molecule has 32 heavy (non-hydrogen) atoms. The summed E-state index contributed by atoms with van der Waals surface area (Å²) in [7, 11) is 1.59. The van der Waals surface area contributed by atoms with Crippen molar-refractivity contribution >= 4 is 18.0 Å². The summed E-state index contributed by atoms with van der Waals surface area (Å²) in [5.74, 6) is -0.688. The summed E-state index contributed by atoms with van der Waals surface area (Å²) in [5.41, 5.74) is 7.73. The van der Waals surface area contributed by atoms with Crippen molar-refractivity contribution in [2.75, 3.05) is 26.9 Å². The lowest BCUT2D eigenvalue weighted by atomic mass is 10.0. The smallest absolute Gasteiger partial charge is 0.340 e. The lowest BCUT2D eigenvalue weighted by Crippen LogP contribution is -2.28. The van der Waals surface area contributed by atoms with Gasteiger partial charge in [-0.3, -0.25) is 4.79 Å². The third-order valence-corrected chi connectivity index (χ3v) is 5.87. The Morgan fingerprint density at radius 3 is 2.44 bits per heavy atom. The Morgan fingerprint density at radius 1 is 1.09 bits per heavy atom. The first-order valence-corrected chi connectivity index (χ1v) is 10.9. The second-order valence-electron chi connectivity index (χ2n) is 8.14. The predicted octanol–water partition coefficient (Wildman–Crippen LogP) is 4.42. The van der Waals surface area contributed by atoms with E-state index in [1.54, 1.807) is 25.9 Å². The van der Waals surface area contributed by atoms with E-state index in [-0.39, 0.29) is 12.5 Å². The highest BCUT2D eigenvalue weighted by atomic mass is 16.5. The van der Waals surface area contributed by atoms with Crippen LogP contribution in [0.5, 0.6) is 0 Å². The van der Waals surface area contributed by atoms with E-state index in [2.05, 4.69) is 36.6 Å². The van der Waals surface area contributed by atoms with E-state index < -0.39 is 5.97 Å². The fourth-order valence-electron chi connectivity index (χ4n) is 4.30. The summed E-state index contributed by atoms with van der Waals surface area (Å²) in [6.07, 6.45) is 1.81. The average molecular weight is 437 g/mol. The first-order chi connectivity index (χ1) is 15.2. The third kappa shape index (κ3) is 4.28. The zero-order valence-corrected chi connectivity index (χ0v) is 20.0. The van der Waals surface area contributed by atoms with Crippen molar-refractivity contribution in [3.8, 4) is 5.69 Å². The lowest BCUT2D eigenvalue weighted by Gasteiger charge is -2.16. The van der Waals surface area contributed by atoms with Crippen LogP contribution in [0, 0.1) is 27.7 Å². The van der Waals surface area contributed by atoms with E-state index in [4.69, 9.17) is 9.47 Å². The van der Waals surface area contributed by atoms with Crippen LogP contribution in [0.25, 0.3) is 11.8 Å². The maximum atomic E-state index is 13.3. The summed E-state index contributed by atoms with van der Waals surface area (Å²) in [6, 6.07) is 8.41. The molecule has 0 fully saturated rings. The molecule has 0 spiro atoms. The van der Waals surface area contributed by atoms with Crippen LogP contribution in [0.4, 0.5) is 0 Å². The number of carbonyl (C=O) groups excluding carboxylic acids is 2. The molecule has 6 nitrogen and oxygen atoms in total. The molecule has 0 radical (unpaired) electrons. The molecule has 170 valence electrons. The van der Waals surface area contributed by atoms with Gasteiger partial charge in [0.15, 0.2) is 0 Å². The largest absolute Gasteiger partial charge is 0.462 e. The molecule has 1 aliphatic heterocycles. The maximum absolute atomic E-state index is 13.3. The number of amides is 1. The molecule has 0 atom stereocenters. The molecule has 0 saturated carbocycles. The Hall–Kier alpha value is -3.12. The standard InChI is InChI=1S/C26H32N2O4/c1-8-32-26(30)24-20(6)27(11-12-31-7)25(29)22(24)15-21-14-18(4)28(19(21)5)23-10-9-16(2)13-17(23)3/h9-10,13-15H,8,11-12H2,1-7H3/b22-15+. The second-order valence-corrected chi connectivity index (χ2v) is 8.14. The lowest BCUT2D eigenvalue weighted by molar-refractivity contribution is -0.138. The van der Waals surface area contributed by atoms with Crippen LogP contribution in [0.2, 0.25) is 0 Å². The number of allylic oxidation sites excluding steroid dienone is 1. The van der Waals surface area contributed by atoms with E-state index in [1.165, 1.54) is 11.1 Å². The third-order valence-electron chi connectivity index (χ3n) is 5.87. The van der Waals surface area contributed by atoms with Gasteiger partial charge in [-0.2, -0.15) is 0 Å². The fraction of sp³-hybridized carbons (Fsp3) is 0.385. The fourth-order valence-corrected chi connectivity index (χ4v) is 4.30. The zero-order chi connectivity index (χ0) is 23.6. The highest BCUT2D eigenvalue weighted by Crippen LogP contribution is 2.33. The van der Waals surface area contributed by atoms with Gasteiger partial charge in [-0.25, -0.2) is 4.79 Å². The van der Waals surface area contributed by atoms with Crippen LogP contribution < -0.4 is 0 Å². The minimum Gasteiger partial charge on any atom is -0.462 e. The Labute approximate surface area is 190 Å². The van der Waals surface area contributed by atoms with Gasteiger partial charge in [0.1, 0.15) is 0 Å². The first-order valence-electron chi connectivity index (χ1n) is 10.9. The number of ether oxygens (including phenoxy) is 2. The summed E-state index contributed by atoms with van der Waals surface area (Å²) in [5, 5.41) is 0. The number of nitrogens with zero attached hydrogens (tertiary/aromatic N) is 2. The summed E-state index contributed by atoms with van der Waals surface area (Å²) < 4.78 is 12.6. The number of esters is 1. The van der Waals surface area contributed by atoms with Crippen LogP contribution in [-0.2, 0) is 19.1 Å². The summed E-state index contributed by atoms with van der Waals surface area (Å²) >= 11 is 0. The molecule has 0 saturated heterocycles. The minimum absolute atomic E-state index is 0.209. The number of rotatable bonds is 7. The van der Waals surface area contributed by atoms with Gasteiger partial charge in [0, 0.05) is 36.4 Å². The quantitative estimate of drug-likeness (QED) is 0.476. The van der Waals surface area contributed by atoms with Crippen LogP contribution >= 0.6 is 0 Å². The van der Waals surface area contributed by atoms with Crippen LogP contribution in [0.3, 0.4) is 0 Å². The number of methoxy groups -OCH3 is 1. The predicted molar refractivity (Wildman–Crippen MR) is 126 cm³/mol. The Balaban J connectivity index is 2.11. The Morgan fingerprint density at radius 2 is 1.81 bits per heavy atom. The minimum atomic E-state index is -0.479. The van der Waals surface area contributed by atoms with E-state index in [1.807, 2.05) is 26.0 Å². The van der Waals surface area contributed by atoms with Gasteiger partial charge >= 0.3 is 5.97 Å².